The molecule has 6 rings (SSSR count). The molecular formula is C30H36O9. The maximum absolute atomic E-state index is 13.4. The van der Waals surface area contributed by atoms with E-state index >= 15 is 0 Å². The molecule has 3 aliphatic carbocycles. The predicted molar refractivity (Wildman–Crippen MR) is 135 cm³/mol. The summed E-state index contributed by atoms with van der Waals surface area (Å²) in [5, 5.41) is 0. The van der Waals surface area contributed by atoms with Crippen molar-refractivity contribution in [2.45, 2.75) is 91.3 Å². The Hall–Kier alpha value is -2.94. The van der Waals surface area contributed by atoms with Crippen LogP contribution in [0.4, 0.5) is 0 Å². The lowest BCUT2D eigenvalue weighted by Crippen LogP contribution is -2.76. The summed E-state index contributed by atoms with van der Waals surface area (Å²) in [5.41, 5.74) is -3.58. The minimum absolute atomic E-state index is 0.0760. The van der Waals surface area contributed by atoms with Gasteiger partial charge >= 0.3 is 17.9 Å². The van der Waals surface area contributed by atoms with Gasteiger partial charge in [0, 0.05) is 41.6 Å². The molecule has 1 aromatic rings. The van der Waals surface area contributed by atoms with Gasteiger partial charge in [-0.3, -0.25) is 14.4 Å². The molecule has 0 N–H and O–H groups in total. The standard InChI is InChI=1S/C30H36O9/c1-15(31)36-20-21-26(3,4)19(33)9-11-27(21,5)18-8-12-28(6)22(17-10-13-35-14-17)38-25(34)24-30(28,39-24)29(18,7)23(20)37-16(2)32/h9-11,13-14,18,20-24H,8,12H2,1-7H3/t18?,20-,21?,22-,23+,24?,27+,28-,29-,30?/m0/s1. The van der Waals surface area contributed by atoms with Gasteiger partial charge in [-0.05, 0) is 36.3 Å². The molecular weight excluding hydrogens is 504 g/mol. The number of rotatable bonds is 3. The van der Waals surface area contributed by atoms with Crippen molar-refractivity contribution in [2.75, 3.05) is 0 Å². The first-order chi connectivity index (χ1) is 18.2. The van der Waals surface area contributed by atoms with Crippen LogP contribution in [0.1, 0.15) is 73.0 Å². The van der Waals surface area contributed by atoms with Crippen LogP contribution < -0.4 is 0 Å². The number of epoxide rings is 1. The average molecular weight is 541 g/mol. The number of ketones is 1. The number of allylic oxidation sites excluding steroid dienone is 2. The van der Waals surface area contributed by atoms with Crippen molar-refractivity contribution in [3.8, 4) is 0 Å². The van der Waals surface area contributed by atoms with E-state index in [0.717, 1.165) is 5.56 Å². The Morgan fingerprint density at radius 3 is 2.31 bits per heavy atom. The zero-order chi connectivity index (χ0) is 28.3. The van der Waals surface area contributed by atoms with Gasteiger partial charge in [-0.2, -0.15) is 0 Å². The highest BCUT2D eigenvalue weighted by atomic mass is 16.7. The molecule has 0 amide bonds. The number of ether oxygens (including phenoxy) is 4. The number of carbonyl (C=O) groups is 4. The van der Waals surface area contributed by atoms with E-state index in [9.17, 15) is 19.2 Å². The fraction of sp³-hybridized carbons (Fsp3) is 0.667. The second kappa shape index (κ2) is 7.83. The minimum atomic E-state index is -1.08. The van der Waals surface area contributed by atoms with Crippen LogP contribution in [-0.2, 0) is 38.1 Å². The Morgan fingerprint density at radius 1 is 1.00 bits per heavy atom. The molecule has 2 aliphatic heterocycles. The summed E-state index contributed by atoms with van der Waals surface area (Å²) in [4.78, 5) is 52.0. The first kappa shape index (κ1) is 26.3. The van der Waals surface area contributed by atoms with Crippen LogP contribution in [0, 0.1) is 33.5 Å². The SMILES string of the molecule is CC(=O)O[C@@H]1[C@@H](OC(C)=O)C2C(C)(C)C(=O)C=C[C@]2(C)C2CC[C@@]3(C)[C@H](c4ccoc4)OC(=O)C4OC43[C@@]21C. The van der Waals surface area contributed by atoms with Crippen LogP contribution in [0.25, 0.3) is 0 Å². The van der Waals surface area contributed by atoms with Crippen LogP contribution in [0.5, 0.6) is 0 Å². The molecule has 0 bridgehead atoms. The maximum Gasteiger partial charge on any atom is 0.339 e. The number of hydrogen-bond acceptors (Lipinski definition) is 9. The lowest BCUT2D eigenvalue weighted by atomic mass is 9.35. The van der Waals surface area contributed by atoms with E-state index < -0.39 is 75.5 Å². The van der Waals surface area contributed by atoms with Gasteiger partial charge in [0.15, 0.2) is 11.9 Å². The molecule has 3 heterocycles. The van der Waals surface area contributed by atoms with Crippen molar-refractivity contribution >= 4 is 23.7 Å². The van der Waals surface area contributed by atoms with Crippen molar-refractivity contribution in [1.82, 2.24) is 0 Å². The lowest BCUT2D eigenvalue weighted by Gasteiger charge is -2.69. The predicted octanol–water partition coefficient (Wildman–Crippen LogP) is 4.10. The van der Waals surface area contributed by atoms with Gasteiger partial charge in [0.2, 0.25) is 0 Å². The second-order valence-electron chi connectivity index (χ2n) is 13.3. The van der Waals surface area contributed by atoms with E-state index in [2.05, 4.69) is 13.8 Å². The van der Waals surface area contributed by atoms with Crippen LogP contribution in [-0.4, -0.2) is 47.6 Å². The molecule has 2 saturated carbocycles. The molecule has 1 spiro atoms. The molecule has 1 aromatic heterocycles. The van der Waals surface area contributed by atoms with Crippen LogP contribution in [0.2, 0.25) is 0 Å². The smallest absolute Gasteiger partial charge is 0.339 e. The number of esters is 3. The highest BCUT2D eigenvalue weighted by Crippen LogP contribution is 2.80. The maximum atomic E-state index is 13.4. The number of hydrogen-bond donors (Lipinski definition) is 0. The third-order valence-electron chi connectivity index (χ3n) is 11.1. The van der Waals surface area contributed by atoms with E-state index in [1.807, 2.05) is 26.8 Å². The van der Waals surface area contributed by atoms with Gasteiger partial charge in [-0.1, -0.05) is 40.7 Å². The van der Waals surface area contributed by atoms with Crippen molar-refractivity contribution < 1.29 is 42.5 Å². The zero-order valence-electron chi connectivity index (χ0n) is 23.4. The summed E-state index contributed by atoms with van der Waals surface area (Å²) in [5.74, 6) is -2.29. The molecule has 9 nitrogen and oxygen atoms in total. The monoisotopic (exact) mass is 540 g/mol. The Bertz CT molecular complexity index is 1300. The molecule has 4 fully saturated rings. The van der Waals surface area contributed by atoms with E-state index in [0.29, 0.717) is 12.8 Å². The van der Waals surface area contributed by atoms with Gasteiger partial charge in [0.25, 0.3) is 0 Å². The largest absolute Gasteiger partial charge is 0.472 e. The highest BCUT2D eigenvalue weighted by molar-refractivity contribution is 5.96. The van der Waals surface area contributed by atoms with Gasteiger partial charge < -0.3 is 23.4 Å². The summed E-state index contributed by atoms with van der Waals surface area (Å²) in [6.45, 7) is 12.5. The lowest BCUT2D eigenvalue weighted by molar-refractivity contribution is -0.284. The molecule has 4 unspecified atom stereocenters. The molecule has 39 heavy (non-hydrogen) atoms. The summed E-state index contributed by atoms with van der Waals surface area (Å²) in [7, 11) is 0. The second-order valence-corrected chi connectivity index (χ2v) is 13.3. The molecule has 5 aliphatic rings. The number of furan rings is 1. The Balaban J connectivity index is 1.61. The molecule has 10 atom stereocenters. The minimum Gasteiger partial charge on any atom is -0.472 e. The third kappa shape index (κ3) is 3.00. The van der Waals surface area contributed by atoms with Gasteiger partial charge in [0.05, 0.1) is 12.5 Å². The van der Waals surface area contributed by atoms with E-state index in [4.69, 9.17) is 23.4 Å². The van der Waals surface area contributed by atoms with Gasteiger partial charge in [-0.25, -0.2) is 4.79 Å². The summed E-state index contributed by atoms with van der Waals surface area (Å²) in [6.07, 6.45) is 4.61. The van der Waals surface area contributed by atoms with E-state index in [1.54, 1.807) is 24.7 Å². The highest BCUT2D eigenvalue weighted by Gasteiger charge is 2.89. The Morgan fingerprint density at radius 2 is 1.69 bits per heavy atom. The number of cyclic esters (lactones) is 1. The number of carbonyl (C=O) groups excluding carboxylic acids is 4. The summed E-state index contributed by atoms with van der Waals surface area (Å²) >= 11 is 0. The van der Waals surface area contributed by atoms with Crippen molar-refractivity contribution in [3.05, 3.63) is 36.3 Å². The molecule has 2 saturated heterocycles. The number of fused-ring (bicyclic) bond motifs is 3. The first-order valence-corrected chi connectivity index (χ1v) is 13.6. The Kier molecular flexibility index (Phi) is 5.28. The van der Waals surface area contributed by atoms with Crippen molar-refractivity contribution in [1.29, 1.82) is 0 Å². The van der Waals surface area contributed by atoms with Crippen molar-refractivity contribution in [2.24, 2.45) is 33.5 Å². The van der Waals surface area contributed by atoms with E-state index in [-0.39, 0.29) is 11.7 Å². The summed E-state index contributed by atoms with van der Waals surface area (Å²) in [6, 6.07) is 1.79. The topological polar surface area (TPSA) is 122 Å². The van der Waals surface area contributed by atoms with Crippen molar-refractivity contribution in [3.63, 3.8) is 0 Å². The van der Waals surface area contributed by atoms with Gasteiger partial charge in [-0.15, -0.1) is 0 Å². The Labute approximate surface area is 227 Å². The average Bonchev–Trinajstić information content (AvgIpc) is 3.41. The van der Waals surface area contributed by atoms with E-state index in [1.165, 1.54) is 13.8 Å². The van der Waals surface area contributed by atoms with Crippen LogP contribution >= 0.6 is 0 Å². The molecule has 210 valence electrons. The fourth-order valence-corrected chi connectivity index (χ4v) is 9.68. The first-order valence-electron chi connectivity index (χ1n) is 13.6. The fourth-order valence-electron chi connectivity index (χ4n) is 9.68. The zero-order valence-corrected chi connectivity index (χ0v) is 23.4. The normalized spacial score (nSPS) is 47.1. The molecule has 9 heteroatoms. The van der Waals surface area contributed by atoms with Crippen LogP contribution in [0.15, 0.2) is 35.2 Å². The van der Waals surface area contributed by atoms with Gasteiger partial charge in [0.1, 0.15) is 23.9 Å². The molecule has 0 radical (unpaired) electrons. The third-order valence-corrected chi connectivity index (χ3v) is 11.1. The molecule has 0 aromatic carbocycles. The summed E-state index contributed by atoms with van der Waals surface area (Å²) < 4.78 is 30.1. The quantitative estimate of drug-likeness (QED) is 0.317. The van der Waals surface area contributed by atoms with Crippen LogP contribution in [0.3, 0.4) is 0 Å².